The molecule has 1 aromatic heterocycles. The summed E-state index contributed by atoms with van der Waals surface area (Å²) in [6, 6.07) is 10.1. The summed E-state index contributed by atoms with van der Waals surface area (Å²) in [5.74, 6) is 2.54. The van der Waals surface area contributed by atoms with Crippen LogP contribution < -0.4 is 15.5 Å². The largest absolute Gasteiger partial charge is 0.358 e. The van der Waals surface area contributed by atoms with Crippen LogP contribution in [0.5, 0.6) is 0 Å². The lowest BCUT2D eigenvalue weighted by molar-refractivity contribution is 0.355. The van der Waals surface area contributed by atoms with E-state index < -0.39 is 0 Å². The van der Waals surface area contributed by atoms with E-state index in [9.17, 15) is 0 Å². The van der Waals surface area contributed by atoms with Gasteiger partial charge in [-0.15, -0.1) is 0 Å². The van der Waals surface area contributed by atoms with Crippen LogP contribution in [0, 0.1) is 18.8 Å². The third-order valence-electron chi connectivity index (χ3n) is 4.67. The Morgan fingerprint density at radius 1 is 1.19 bits per heavy atom. The van der Waals surface area contributed by atoms with Crippen LogP contribution in [0.2, 0.25) is 5.15 Å². The van der Waals surface area contributed by atoms with Crippen LogP contribution in [0.1, 0.15) is 31.4 Å². The van der Waals surface area contributed by atoms with Gasteiger partial charge in [-0.3, -0.25) is 0 Å². The van der Waals surface area contributed by atoms with Crippen LogP contribution in [0.3, 0.4) is 0 Å². The van der Waals surface area contributed by atoms with Crippen molar-refractivity contribution in [2.45, 2.75) is 33.7 Å². The van der Waals surface area contributed by atoms with E-state index in [4.69, 9.17) is 23.8 Å². The molecule has 0 bridgehead atoms. The molecule has 2 heterocycles. The lowest BCUT2D eigenvalue weighted by Crippen LogP contribution is -2.39. The maximum atomic E-state index is 6.23. The van der Waals surface area contributed by atoms with Gasteiger partial charge in [-0.1, -0.05) is 55.3 Å². The number of rotatable bonds is 4. The molecule has 2 atom stereocenters. The van der Waals surface area contributed by atoms with Gasteiger partial charge in [-0.25, -0.2) is 4.98 Å². The van der Waals surface area contributed by atoms with Gasteiger partial charge in [-0.2, -0.15) is 4.98 Å². The molecule has 0 amide bonds. The highest BCUT2D eigenvalue weighted by atomic mass is 35.5. The third kappa shape index (κ3) is 5.78. The lowest BCUT2D eigenvalue weighted by Gasteiger charge is -2.35. The molecule has 0 radical (unpaired) electrons. The number of hydrogen-bond acceptors (Lipinski definition) is 4. The molecular weight excluding hydrogens is 378 g/mol. The summed E-state index contributed by atoms with van der Waals surface area (Å²) in [5, 5.41) is 7.12. The molecule has 0 aliphatic carbocycles. The van der Waals surface area contributed by atoms with Gasteiger partial charge in [0.15, 0.2) is 5.11 Å². The SMILES string of the molecule is Cc1ccc(CNC(=S)Nc2nc(Cl)cc(N3C[C@@H](C)C[C@H](C)C3)n2)cc1. The van der Waals surface area contributed by atoms with Crippen molar-refractivity contribution in [3.63, 3.8) is 0 Å². The molecule has 1 aliphatic rings. The second-order valence-corrected chi connectivity index (χ2v) is 8.31. The van der Waals surface area contributed by atoms with E-state index in [0.29, 0.717) is 34.6 Å². The maximum Gasteiger partial charge on any atom is 0.232 e. The zero-order valence-electron chi connectivity index (χ0n) is 16.0. The number of aryl methyl sites for hydroxylation is 1. The smallest absolute Gasteiger partial charge is 0.232 e. The second kappa shape index (κ2) is 8.85. The maximum absolute atomic E-state index is 6.23. The zero-order chi connectivity index (χ0) is 19.4. The average Bonchev–Trinajstić information content (AvgIpc) is 2.60. The molecule has 2 N–H and O–H groups in total. The van der Waals surface area contributed by atoms with Gasteiger partial charge in [-0.05, 0) is 43.0 Å². The molecule has 1 aromatic carbocycles. The molecule has 1 aliphatic heterocycles. The Kier molecular flexibility index (Phi) is 6.50. The number of piperidine rings is 1. The molecule has 1 fully saturated rings. The van der Waals surface area contributed by atoms with Gasteiger partial charge < -0.3 is 15.5 Å². The van der Waals surface area contributed by atoms with Crippen molar-refractivity contribution >= 4 is 40.7 Å². The minimum absolute atomic E-state index is 0.412. The number of hydrogen-bond donors (Lipinski definition) is 2. The van der Waals surface area contributed by atoms with Crippen molar-refractivity contribution in [1.29, 1.82) is 0 Å². The van der Waals surface area contributed by atoms with Crippen LogP contribution in [0.15, 0.2) is 30.3 Å². The average molecular weight is 404 g/mol. The summed E-state index contributed by atoms with van der Waals surface area (Å²) in [6.45, 7) is 9.21. The van der Waals surface area contributed by atoms with Crippen LogP contribution in [0.4, 0.5) is 11.8 Å². The first-order valence-electron chi connectivity index (χ1n) is 9.29. The summed E-state index contributed by atoms with van der Waals surface area (Å²) < 4.78 is 0. The van der Waals surface area contributed by atoms with E-state index >= 15 is 0 Å². The van der Waals surface area contributed by atoms with E-state index in [-0.39, 0.29) is 0 Å². The van der Waals surface area contributed by atoms with E-state index in [1.165, 1.54) is 12.0 Å². The fourth-order valence-electron chi connectivity index (χ4n) is 3.51. The van der Waals surface area contributed by atoms with Crippen molar-refractivity contribution < 1.29 is 0 Å². The summed E-state index contributed by atoms with van der Waals surface area (Å²) in [7, 11) is 0. The summed E-state index contributed by atoms with van der Waals surface area (Å²) >= 11 is 11.6. The van der Waals surface area contributed by atoms with Gasteiger partial charge in [0.05, 0.1) is 0 Å². The normalized spacial score (nSPS) is 19.6. The zero-order valence-corrected chi connectivity index (χ0v) is 17.6. The molecule has 1 saturated heterocycles. The van der Waals surface area contributed by atoms with Crippen molar-refractivity contribution in [1.82, 2.24) is 15.3 Å². The van der Waals surface area contributed by atoms with Gasteiger partial charge in [0, 0.05) is 25.7 Å². The molecule has 7 heteroatoms. The first-order valence-corrected chi connectivity index (χ1v) is 10.1. The van der Waals surface area contributed by atoms with Crippen molar-refractivity contribution in [2.75, 3.05) is 23.3 Å². The van der Waals surface area contributed by atoms with Crippen LogP contribution in [-0.4, -0.2) is 28.2 Å². The molecule has 0 saturated carbocycles. The second-order valence-electron chi connectivity index (χ2n) is 7.52. The number of nitrogens with one attached hydrogen (secondary N) is 2. The number of nitrogens with zero attached hydrogens (tertiary/aromatic N) is 3. The highest BCUT2D eigenvalue weighted by Crippen LogP contribution is 2.27. The van der Waals surface area contributed by atoms with Gasteiger partial charge in [0.2, 0.25) is 5.95 Å². The molecule has 0 spiro atoms. The van der Waals surface area contributed by atoms with E-state index in [1.54, 1.807) is 0 Å². The van der Waals surface area contributed by atoms with Crippen LogP contribution in [0.25, 0.3) is 0 Å². The minimum Gasteiger partial charge on any atom is -0.358 e. The molecule has 2 aromatic rings. The van der Waals surface area contributed by atoms with Gasteiger partial charge in [0.25, 0.3) is 0 Å². The predicted octanol–water partition coefficient (Wildman–Crippen LogP) is 4.41. The molecule has 27 heavy (non-hydrogen) atoms. The number of anilines is 2. The molecule has 0 unspecified atom stereocenters. The lowest BCUT2D eigenvalue weighted by atomic mass is 9.92. The Bertz CT molecular complexity index is 785. The Hall–Kier alpha value is -1.92. The Morgan fingerprint density at radius 2 is 1.85 bits per heavy atom. The predicted molar refractivity (Wildman–Crippen MR) is 116 cm³/mol. The number of aromatic nitrogens is 2. The summed E-state index contributed by atoms with van der Waals surface area (Å²) in [4.78, 5) is 11.2. The molecule has 5 nitrogen and oxygen atoms in total. The monoisotopic (exact) mass is 403 g/mol. The fraction of sp³-hybridized carbons (Fsp3) is 0.450. The number of halogens is 1. The summed E-state index contributed by atoms with van der Waals surface area (Å²) in [5.41, 5.74) is 2.40. The van der Waals surface area contributed by atoms with E-state index in [1.807, 2.05) is 6.07 Å². The molecule has 144 valence electrons. The fourth-order valence-corrected chi connectivity index (χ4v) is 3.85. The van der Waals surface area contributed by atoms with Crippen molar-refractivity contribution in [2.24, 2.45) is 11.8 Å². The van der Waals surface area contributed by atoms with Gasteiger partial charge in [0.1, 0.15) is 11.0 Å². The Balaban J connectivity index is 1.63. The first kappa shape index (κ1) is 19.8. The quantitative estimate of drug-likeness (QED) is 0.582. The highest BCUT2D eigenvalue weighted by molar-refractivity contribution is 7.80. The third-order valence-corrected chi connectivity index (χ3v) is 5.11. The topological polar surface area (TPSA) is 53.1 Å². The molecular formula is C20H26ClN5S. The number of benzene rings is 1. The summed E-state index contributed by atoms with van der Waals surface area (Å²) in [6.07, 6.45) is 1.24. The van der Waals surface area contributed by atoms with E-state index in [0.717, 1.165) is 24.5 Å². The standard InChI is InChI=1S/C20H26ClN5S/c1-13-4-6-16(7-5-13)10-22-20(27)25-19-23-17(21)9-18(24-19)26-11-14(2)8-15(3)12-26/h4-7,9,14-15H,8,10-12H2,1-3H3,(H2,22,23,24,25,27)/t14-,15-/m0/s1. The molecule has 3 rings (SSSR count). The van der Waals surface area contributed by atoms with Crippen LogP contribution >= 0.6 is 23.8 Å². The van der Waals surface area contributed by atoms with Gasteiger partial charge >= 0.3 is 0 Å². The Morgan fingerprint density at radius 3 is 2.52 bits per heavy atom. The highest BCUT2D eigenvalue weighted by Gasteiger charge is 2.23. The van der Waals surface area contributed by atoms with Crippen LogP contribution in [-0.2, 0) is 6.54 Å². The Labute approximate surface area is 171 Å². The number of thiocarbonyl (C=S) groups is 1. The minimum atomic E-state index is 0.412. The van der Waals surface area contributed by atoms with Crippen molar-refractivity contribution in [3.8, 4) is 0 Å². The first-order chi connectivity index (χ1) is 12.9. The van der Waals surface area contributed by atoms with E-state index in [2.05, 4.69) is 70.5 Å². The van der Waals surface area contributed by atoms with Crippen molar-refractivity contribution in [3.05, 3.63) is 46.6 Å².